The number of carbonyl (C=O) groups excluding carboxylic acids is 1. The van der Waals surface area contributed by atoms with Crippen molar-refractivity contribution in [2.75, 3.05) is 0 Å². The molecule has 0 fully saturated rings. The van der Waals surface area contributed by atoms with E-state index in [1.807, 2.05) is 0 Å². The van der Waals surface area contributed by atoms with Crippen LogP contribution in [0.15, 0.2) is 0 Å². The number of benzene rings is 1. The van der Waals surface area contributed by atoms with Gasteiger partial charge in [0.2, 0.25) is 0 Å². The molecule has 7 heteroatoms. The Morgan fingerprint density at radius 1 is 0.867 bits per heavy atom. The van der Waals surface area contributed by atoms with Gasteiger partial charge in [0.1, 0.15) is 5.84 Å². The molecule has 0 saturated heterocycles. The average molecular weight is 284 g/mol. The fraction of sp³-hybridized carbons (Fsp3) is 0. The van der Waals surface area contributed by atoms with Crippen LogP contribution in [-0.4, -0.2) is 11.7 Å². The Labute approximate surface area is 105 Å². The monoisotopic (exact) mass is 282 g/mol. The molecule has 1 aromatic rings. The second-order valence-electron chi connectivity index (χ2n) is 2.84. The topological polar surface area (TPSA) is 53.0 Å². The second kappa shape index (κ2) is 3.52. The highest BCUT2D eigenvalue weighted by atomic mass is 35.5. The minimum atomic E-state index is -0.500. The fourth-order valence-corrected chi connectivity index (χ4v) is 2.35. The van der Waals surface area contributed by atoms with Gasteiger partial charge in [0, 0.05) is 0 Å². The largest absolute Gasteiger partial charge is 0.306 e. The average Bonchev–Trinajstić information content (AvgIpc) is 2.47. The van der Waals surface area contributed by atoms with Crippen LogP contribution in [0.5, 0.6) is 0 Å². The first-order valence-electron chi connectivity index (χ1n) is 3.71. The Balaban J connectivity index is 2.92. The van der Waals surface area contributed by atoms with Crippen LogP contribution in [-0.2, 0) is 0 Å². The summed E-state index contributed by atoms with van der Waals surface area (Å²) in [5.41, 5.74) is 0.294. The zero-order valence-corrected chi connectivity index (χ0v) is 9.94. The SMILES string of the molecule is N=C1NC(=O)c2c(Cl)c(Cl)c(Cl)c(Cl)c21. The zero-order valence-electron chi connectivity index (χ0n) is 6.92. The highest BCUT2D eigenvalue weighted by molar-refractivity contribution is 6.55. The first kappa shape index (κ1) is 11.0. The van der Waals surface area contributed by atoms with E-state index in [1.54, 1.807) is 0 Å². The van der Waals surface area contributed by atoms with Crippen LogP contribution < -0.4 is 5.32 Å². The van der Waals surface area contributed by atoms with Crippen LogP contribution in [0, 0.1) is 5.41 Å². The molecule has 3 nitrogen and oxygen atoms in total. The van der Waals surface area contributed by atoms with Crippen LogP contribution in [0.4, 0.5) is 0 Å². The molecule has 2 N–H and O–H groups in total. The molecule has 1 aliphatic rings. The number of hydrogen-bond donors (Lipinski definition) is 2. The first-order chi connectivity index (χ1) is 6.95. The standard InChI is InChI=1S/C8H2Cl4N2O/c9-3-1-2(8(15)14-7(1)13)4(10)6(12)5(3)11/h(H2,13,14,15). The third-order valence-corrected chi connectivity index (χ3v) is 3.78. The molecule has 0 saturated carbocycles. The Kier molecular flexibility index (Phi) is 2.59. The zero-order chi connectivity index (χ0) is 11.3. The Bertz CT molecular complexity index is 467. The lowest BCUT2D eigenvalue weighted by molar-refractivity contribution is 0.0983. The molecule has 0 atom stereocenters. The van der Waals surface area contributed by atoms with E-state index < -0.39 is 5.91 Å². The Hall–Kier alpha value is -0.480. The smallest absolute Gasteiger partial charge is 0.259 e. The summed E-state index contributed by atoms with van der Waals surface area (Å²) in [4.78, 5) is 11.4. The maximum absolute atomic E-state index is 11.4. The van der Waals surface area contributed by atoms with Gasteiger partial charge in [-0.1, -0.05) is 46.4 Å². The van der Waals surface area contributed by atoms with Gasteiger partial charge < -0.3 is 5.32 Å². The molecule has 78 valence electrons. The lowest BCUT2D eigenvalue weighted by Crippen LogP contribution is -2.20. The van der Waals surface area contributed by atoms with Gasteiger partial charge in [-0.05, 0) is 0 Å². The number of rotatable bonds is 0. The van der Waals surface area contributed by atoms with Gasteiger partial charge in [0.05, 0.1) is 31.2 Å². The molecule has 0 aliphatic carbocycles. The first-order valence-corrected chi connectivity index (χ1v) is 5.22. The number of hydrogen-bond acceptors (Lipinski definition) is 2. The summed E-state index contributed by atoms with van der Waals surface area (Å²) >= 11 is 23.3. The van der Waals surface area contributed by atoms with Crippen LogP contribution in [0.25, 0.3) is 0 Å². The minimum absolute atomic E-state index is 0.0146. The van der Waals surface area contributed by atoms with Crippen molar-refractivity contribution in [3.05, 3.63) is 31.2 Å². The van der Waals surface area contributed by atoms with Gasteiger partial charge in [0.25, 0.3) is 5.91 Å². The van der Waals surface area contributed by atoms with E-state index >= 15 is 0 Å². The molecule has 0 spiro atoms. The molecule has 0 unspecified atom stereocenters. The highest BCUT2D eigenvalue weighted by Gasteiger charge is 2.32. The summed E-state index contributed by atoms with van der Waals surface area (Å²) in [5, 5.41) is 9.90. The third kappa shape index (κ3) is 1.42. The number of fused-ring (bicyclic) bond motifs is 1. The summed E-state index contributed by atoms with van der Waals surface area (Å²) in [6.45, 7) is 0. The number of carbonyl (C=O) groups is 1. The summed E-state index contributed by atoms with van der Waals surface area (Å²) < 4.78 is 0. The van der Waals surface area contributed by atoms with Gasteiger partial charge in [-0.25, -0.2) is 0 Å². The van der Waals surface area contributed by atoms with Gasteiger partial charge in [-0.2, -0.15) is 0 Å². The molecule has 1 aliphatic heterocycles. The maximum Gasteiger partial charge on any atom is 0.259 e. The van der Waals surface area contributed by atoms with Crippen molar-refractivity contribution >= 4 is 58.1 Å². The number of nitrogens with one attached hydrogen (secondary N) is 2. The van der Waals surface area contributed by atoms with Gasteiger partial charge in [0.15, 0.2) is 0 Å². The second-order valence-corrected chi connectivity index (χ2v) is 4.35. The van der Waals surface area contributed by atoms with Crippen molar-refractivity contribution < 1.29 is 4.79 Å². The van der Waals surface area contributed by atoms with Crippen molar-refractivity contribution in [2.45, 2.75) is 0 Å². The molecule has 0 bridgehead atoms. The number of amides is 1. The normalized spacial score (nSPS) is 14.1. The molecule has 0 aromatic heterocycles. The van der Waals surface area contributed by atoms with E-state index in [0.29, 0.717) is 0 Å². The molecule has 1 amide bonds. The Morgan fingerprint density at radius 3 is 1.87 bits per heavy atom. The molecule has 2 rings (SSSR count). The van der Waals surface area contributed by atoms with E-state index in [-0.39, 0.29) is 37.1 Å². The van der Waals surface area contributed by atoms with Crippen molar-refractivity contribution in [3.63, 3.8) is 0 Å². The summed E-state index contributed by atoms with van der Waals surface area (Å²) in [6.07, 6.45) is 0. The van der Waals surface area contributed by atoms with Crippen molar-refractivity contribution in [1.29, 1.82) is 5.41 Å². The van der Waals surface area contributed by atoms with E-state index in [1.165, 1.54) is 0 Å². The predicted molar refractivity (Wildman–Crippen MR) is 60.8 cm³/mol. The van der Waals surface area contributed by atoms with E-state index in [4.69, 9.17) is 51.8 Å². The molecule has 1 aromatic carbocycles. The molecule has 15 heavy (non-hydrogen) atoms. The lowest BCUT2D eigenvalue weighted by atomic mass is 10.1. The lowest BCUT2D eigenvalue weighted by Gasteiger charge is -2.06. The fourth-order valence-electron chi connectivity index (χ4n) is 1.32. The van der Waals surface area contributed by atoms with E-state index in [9.17, 15) is 4.79 Å². The molecular weight excluding hydrogens is 282 g/mol. The van der Waals surface area contributed by atoms with E-state index in [0.717, 1.165) is 0 Å². The summed E-state index contributed by atoms with van der Waals surface area (Å²) in [7, 11) is 0. The van der Waals surface area contributed by atoms with Gasteiger partial charge >= 0.3 is 0 Å². The van der Waals surface area contributed by atoms with Crippen molar-refractivity contribution in [1.82, 2.24) is 5.32 Å². The summed E-state index contributed by atoms with van der Waals surface area (Å²) in [5.74, 6) is -0.624. The van der Waals surface area contributed by atoms with Gasteiger partial charge in [-0.15, -0.1) is 0 Å². The van der Waals surface area contributed by atoms with Crippen LogP contribution >= 0.6 is 46.4 Å². The van der Waals surface area contributed by atoms with E-state index in [2.05, 4.69) is 5.32 Å². The minimum Gasteiger partial charge on any atom is -0.306 e. The van der Waals surface area contributed by atoms with Crippen molar-refractivity contribution in [3.8, 4) is 0 Å². The molecule has 1 heterocycles. The van der Waals surface area contributed by atoms with Crippen LogP contribution in [0.1, 0.15) is 15.9 Å². The third-order valence-electron chi connectivity index (χ3n) is 1.98. The quantitative estimate of drug-likeness (QED) is 0.557. The Morgan fingerprint density at radius 2 is 1.33 bits per heavy atom. The van der Waals surface area contributed by atoms with Crippen LogP contribution in [0.2, 0.25) is 20.1 Å². The highest BCUT2D eigenvalue weighted by Crippen LogP contribution is 2.42. The number of amidine groups is 1. The summed E-state index contributed by atoms with van der Waals surface area (Å²) in [6, 6.07) is 0. The maximum atomic E-state index is 11.4. The predicted octanol–water partition coefficient (Wildman–Crippen LogP) is 3.37. The molecule has 0 radical (unpaired) electrons. The van der Waals surface area contributed by atoms with Crippen molar-refractivity contribution in [2.24, 2.45) is 0 Å². The van der Waals surface area contributed by atoms with Gasteiger partial charge in [-0.3, -0.25) is 10.2 Å². The molecular formula is C8H2Cl4N2O. The number of halogens is 4. The van der Waals surface area contributed by atoms with Crippen LogP contribution in [0.3, 0.4) is 0 Å².